The SMILES string of the molecule is CCOC(=O)C1CCC(O)CC1c1ccccc1. The van der Waals surface area contributed by atoms with E-state index in [1.54, 1.807) is 0 Å². The summed E-state index contributed by atoms with van der Waals surface area (Å²) in [6.07, 6.45) is 1.74. The minimum atomic E-state index is -0.305. The van der Waals surface area contributed by atoms with E-state index < -0.39 is 0 Å². The minimum absolute atomic E-state index is 0.0778. The van der Waals surface area contributed by atoms with E-state index in [9.17, 15) is 9.90 Å². The Morgan fingerprint density at radius 3 is 2.72 bits per heavy atom. The Balaban J connectivity index is 2.19. The second-order valence-electron chi connectivity index (χ2n) is 4.84. The van der Waals surface area contributed by atoms with Crippen LogP contribution in [0.2, 0.25) is 0 Å². The fraction of sp³-hybridized carbons (Fsp3) is 0.533. The molecule has 2 rings (SSSR count). The van der Waals surface area contributed by atoms with Crippen LogP contribution in [-0.2, 0) is 9.53 Å². The van der Waals surface area contributed by atoms with Crippen molar-refractivity contribution in [3.05, 3.63) is 35.9 Å². The van der Waals surface area contributed by atoms with E-state index in [-0.39, 0.29) is 23.9 Å². The summed E-state index contributed by atoms with van der Waals surface area (Å²) in [6.45, 7) is 2.24. The predicted molar refractivity (Wildman–Crippen MR) is 69.2 cm³/mol. The second kappa shape index (κ2) is 6.01. The molecule has 1 aliphatic rings. The molecule has 1 saturated carbocycles. The molecule has 1 fully saturated rings. The molecule has 0 bridgehead atoms. The van der Waals surface area contributed by atoms with Gasteiger partial charge < -0.3 is 9.84 Å². The first-order valence-electron chi connectivity index (χ1n) is 6.62. The Bertz CT molecular complexity index is 388. The van der Waals surface area contributed by atoms with Crippen molar-refractivity contribution in [3.8, 4) is 0 Å². The summed E-state index contributed by atoms with van der Waals surface area (Å²) in [7, 11) is 0. The topological polar surface area (TPSA) is 46.5 Å². The molecule has 1 aromatic carbocycles. The highest BCUT2D eigenvalue weighted by molar-refractivity contribution is 5.74. The number of rotatable bonds is 3. The molecule has 3 unspecified atom stereocenters. The van der Waals surface area contributed by atoms with Crippen LogP contribution in [0.25, 0.3) is 0 Å². The molecular formula is C15H20O3. The average molecular weight is 248 g/mol. The van der Waals surface area contributed by atoms with Crippen molar-refractivity contribution < 1.29 is 14.6 Å². The molecule has 0 heterocycles. The molecular weight excluding hydrogens is 228 g/mol. The van der Waals surface area contributed by atoms with Gasteiger partial charge in [0.15, 0.2) is 0 Å². The number of carbonyl (C=O) groups is 1. The lowest BCUT2D eigenvalue weighted by molar-refractivity contribution is -0.150. The lowest BCUT2D eigenvalue weighted by Crippen LogP contribution is -2.32. The fourth-order valence-corrected chi connectivity index (χ4v) is 2.75. The van der Waals surface area contributed by atoms with Gasteiger partial charge in [-0.3, -0.25) is 4.79 Å². The van der Waals surface area contributed by atoms with Crippen LogP contribution in [0.1, 0.15) is 37.7 Å². The van der Waals surface area contributed by atoms with Crippen LogP contribution in [0.15, 0.2) is 30.3 Å². The summed E-state index contributed by atoms with van der Waals surface area (Å²) < 4.78 is 5.15. The summed E-state index contributed by atoms with van der Waals surface area (Å²) in [5, 5.41) is 9.82. The zero-order valence-electron chi connectivity index (χ0n) is 10.7. The molecule has 3 atom stereocenters. The third-order valence-corrected chi connectivity index (χ3v) is 3.64. The molecule has 0 saturated heterocycles. The number of aliphatic hydroxyl groups excluding tert-OH is 1. The molecule has 18 heavy (non-hydrogen) atoms. The summed E-state index contributed by atoms with van der Waals surface area (Å²) >= 11 is 0. The number of benzene rings is 1. The number of esters is 1. The summed E-state index contributed by atoms with van der Waals surface area (Å²) in [6, 6.07) is 9.95. The number of ether oxygens (including phenoxy) is 1. The summed E-state index contributed by atoms with van der Waals surface area (Å²) in [5.74, 6) is -0.164. The third kappa shape index (κ3) is 2.91. The Labute approximate surface area is 108 Å². The van der Waals surface area contributed by atoms with Gasteiger partial charge in [-0.2, -0.15) is 0 Å². The Kier molecular flexibility index (Phi) is 4.37. The molecule has 3 nitrogen and oxygen atoms in total. The smallest absolute Gasteiger partial charge is 0.309 e. The lowest BCUT2D eigenvalue weighted by atomic mass is 9.74. The van der Waals surface area contributed by atoms with Crippen LogP contribution in [0.4, 0.5) is 0 Å². The molecule has 3 heteroatoms. The Morgan fingerprint density at radius 1 is 1.33 bits per heavy atom. The van der Waals surface area contributed by atoms with Gasteiger partial charge >= 0.3 is 5.97 Å². The van der Waals surface area contributed by atoms with Crippen LogP contribution in [0.5, 0.6) is 0 Å². The third-order valence-electron chi connectivity index (χ3n) is 3.64. The number of aliphatic hydroxyl groups is 1. The van der Waals surface area contributed by atoms with Crippen molar-refractivity contribution in [2.45, 2.75) is 38.2 Å². The Morgan fingerprint density at radius 2 is 2.06 bits per heavy atom. The maximum atomic E-state index is 12.0. The molecule has 0 amide bonds. The van der Waals surface area contributed by atoms with Gasteiger partial charge in [-0.1, -0.05) is 30.3 Å². The van der Waals surface area contributed by atoms with Gasteiger partial charge in [0, 0.05) is 0 Å². The first kappa shape index (κ1) is 13.1. The van der Waals surface area contributed by atoms with Gasteiger partial charge in [0.2, 0.25) is 0 Å². The number of carbonyl (C=O) groups excluding carboxylic acids is 1. The van der Waals surface area contributed by atoms with Crippen molar-refractivity contribution in [1.82, 2.24) is 0 Å². The van der Waals surface area contributed by atoms with Crippen LogP contribution >= 0.6 is 0 Å². The first-order valence-corrected chi connectivity index (χ1v) is 6.62. The molecule has 1 aliphatic carbocycles. The van der Waals surface area contributed by atoms with Crippen molar-refractivity contribution in [3.63, 3.8) is 0 Å². The zero-order chi connectivity index (χ0) is 13.0. The van der Waals surface area contributed by atoms with Gasteiger partial charge in [-0.05, 0) is 37.7 Å². The van der Waals surface area contributed by atoms with Gasteiger partial charge in [-0.15, -0.1) is 0 Å². The highest BCUT2D eigenvalue weighted by Crippen LogP contribution is 2.38. The maximum Gasteiger partial charge on any atom is 0.309 e. The normalized spacial score (nSPS) is 27.8. The zero-order valence-corrected chi connectivity index (χ0v) is 10.7. The maximum absolute atomic E-state index is 12.0. The molecule has 0 aliphatic heterocycles. The first-order chi connectivity index (χ1) is 8.72. The fourth-order valence-electron chi connectivity index (χ4n) is 2.75. The van der Waals surface area contributed by atoms with Gasteiger partial charge in [0.05, 0.1) is 18.6 Å². The van der Waals surface area contributed by atoms with E-state index in [4.69, 9.17) is 4.74 Å². The van der Waals surface area contributed by atoms with Gasteiger partial charge in [0.1, 0.15) is 0 Å². The van der Waals surface area contributed by atoms with Crippen LogP contribution in [0.3, 0.4) is 0 Å². The van der Waals surface area contributed by atoms with Gasteiger partial charge in [0.25, 0.3) is 0 Å². The molecule has 1 aromatic rings. The summed E-state index contributed by atoms with van der Waals surface area (Å²) in [4.78, 5) is 12.0. The predicted octanol–water partition coefficient (Wildman–Crippen LogP) is 2.49. The van der Waals surface area contributed by atoms with Crippen LogP contribution < -0.4 is 0 Å². The van der Waals surface area contributed by atoms with E-state index in [2.05, 4.69) is 0 Å². The van der Waals surface area contributed by atoms with Crippen molar-refractivity contribution >= 4 is 5.97 Å². The second-order valence-corrected chi connectivity index (χ2v) is 4.84. The van der Waals surface area contributed by atoms with E-state index in [1.165, 1.54) is 0 Å². The average Bonchev–Trinajstić information content (AvgIpc) is 2.40. The highest BCUT2D eigenvalue weighted by Gasteiger charge is 2.36. The minimum Gasteiger partial charge on any atom is -0.466 e. The van der Waals surface area contributed by atoms with E-state index in [1.807, 2.05) is 37.3 Å². The monoisotopic (exact) mass is 248 g/mol. The largest absolute Gasteiger partial charge is 0.466 e. The standard InChI is InChI=1S/C15H20O3/c1-2-18-15(17)13-9-8-12(16)10-14(13)11-6-4-3-5-7-11/h3-7,12-14,16H,2,8-10H2,1H3. The molecule has 0 aromatic heterocycles. The van der Waals surface area contributed by atoms with Crippen LogP contribution in [0, 0.1) is 5.92 Å². The van der Waals surface area contributed by atoms with Crippen molar-refractivity contribution in [1.29, 1.82) is 0 Å². The quantitative estimate of drug-likeness (QED) is 0.836. The molecule has 0 spiro atoms. The molecule has 0 radical (unpaired) electrons. The molecule has 1 N–H and O–H groups in total. The van der Waals surface area contributed by atoms with Gasteiger partial charge in [-0.25, -0.2) is 0 Å². The lowest BCUT2D eigenvalue weighted by Gasteiger charge is -2.33. The number of hydrogen-bond acceptors (Lipinski definition) is 3. The van der Waals surface area contributed by atoms with Crippen molar-refractivity contribution in [2.75, 3.05) is 6.61 Å². The van der Waals surface area contributed by atoms with Crippen LogP contribution in [-0.4, -0.2) is 23.8 Å². The Hall–Kier alpha value is -1.35. The number of hydrogen-bond donors (Lipinski definition) is 1. The van der Waals surface area contributed by atoms with E-state index >= 15 is 0 Å². The van der Waals surface area contributed by atoms with E-state index in [0.717, 1.165) is 5.56 Å². The van der Waals surface area contributed by atoms with E-state index in [0.29, 0.717) is 25.9 Å². The molecule has 98 valence electrons. The summed E-state index contributed by atoms with van der Waals surface area (Å²) in [5.41, 5.74) is 1.12. The highest BCUT2D eigenvalue weighted by atomic mass is 16.5. The van der Waals surface area contributed by atoms with Crippen molar-refractivity contribution in [2.24, 2.45) is 5.92 Å².